The van der Waals surface area contributed by atoms with Crippen LogP contribution in [-0.2, 0) is 0 Å². The highest BCUT2D eigenvalue weighted by Crippen LogP contribution is 2.29. The average Bonchev–Trinajstić information content (AvgIpc) is 3.05. The molecular formula is C13H20N6. The third kappa shape index (κ3) is 2.22. The van der Waals surface area contributed by atoms with Crippen molar-refractivity contribution >= 4 is 22.9 Å². The van der Waals surface area contributed by atoms with Crippen molar-refractivity contribution in [2.75, 3.05) is 24.3 Å². The second-order valence-corrected chi connectivity index (χ2v) is 5.60. The lowest BCUT2D eigenvalue weighted by Crippen LogP contribution is -2.15. The molecule has 0 atom stereocenters. The van der Waals surface area contributed by atoms with Crippen molar-refractivity contribution in [1.82, 2.24) is 19.5 Å². The Kier molecular flexibility index (Phi) is 2.80. The molecule has 0 radical (unpaired) electrons. The molecule has 1 fully saturated rings. The number of fused-ring (bicyclic) bond motifs is 1. The summed E-state index contributed by atoms with van der Waals surface area (Å²) in [4.78, 5) is 15.6. The Labute approximate surface area is 112 Å². The van der Waals surface area contributed by atoms with E-state index in [2.05, 4.69) is 38.7 Å². The van der Waals surface area contributed by atoms with Crippen molar-refractivity contribution in [2.24, 2.45) is 0 Å². The Morgan fingerprint density at radius 3 is 2.63 bits per heavy atom. The van der Waals surface area contributed by atoms with Gasteiger partial charge in [-0.2, -0.15) is 9.97 Å². The van der Waals surface area contributed by atoms with E-state index in [1.165, 1.54) is 12.8 Å². The number of hydrogen-bond acceptors (Lipinski definition) is 5. The summed E-state index contributed by atoms with van der Waals surface area (Å²) in [6.07, 6.45) is 4.28. The Balaban J connectivity index is 2.15. The molecule has 6 heteroatoms. The first kappa shape index (κ1) is 12.2. The number of hydrogen-bond donors (Lipinski definition) is 1. The maximum atomic E-state index is 4.62. The SMILES string of the molecule is CC(C)n1cnc2c(NC3CC3)nc(N(C)C)nc21. The maximum absolute atomic E-state index is 4.62. The fourth-order valence-electron chi connectivity index (χ4n) is 2.00. The lowest BCUT2D eigenvalue weighted by molar-refractivity contribution is 0.612. The first-order valence-corrected chi connectivity index (χ1v) is 6.74. The molecule has 0 spiro atoms. The normalized spacial score (nSPS) is 15.2. The van der Waals surface area contributed by atoms with Gasteiger partial charge in [-0.05, 0) is 26.7 Å². The van der Waals surface area contributed by atoms with Gasteiger partial charge in [0.15, 0.2) is 17.0 Å². The molecule has 19 heavy (non-hydrogen) atoms. The van der Waals surface area contributed by atoms with Crippen molar-refractivity contribution in [3.8, 4) is 0 Å². The highest BCUT2D eigenvalue weighted by molar-refractivity contribution is 5.84. The molecule has 3 rings (SSSR count). The minimum absolute atomic E-state index is 0.337. The number of nitrogens with one attached hydrogen (secondary N) is 1. The molecule has 0 unspecified atom stereocenters. The van der Waals surface area contributed by atoms with Gasteiger partial charge in [0.25, 0.3) is 0 Å². The van der Waals surface area contributed by atoms with E-state index in [-0.39, 0.29) is 0 Å². The molecule has 6 nitrogen and oxygen atoms in total. The van der Waals surface area contributed by atoms with Gasteiger partial charge in [0.1, 0.15) is 0 Å². The first-order chi connectivity index (χ1) is 9.06. The topological polar surface area (TPSA) is 58.9 Å². The highest BCUT2D eigenvalue weighted by Gasteiger charge is 2.24. The van der Waals surface area contributed by atoms with Crippen LogP contribution in [0.5, 0.6) is 0 Å². The molecule has 2 aromatic rings. The van der Waals surface area contributed by atoms with Gasteiger partial charge in [-0.15, -0.1) is 0 Å². The van der Waals surface area contributed by atoms with Gasteiger partial charge in [-0.3, -0.25) is 0 Å². The lowest BCUT2D eigenvalue weighted by atomic mass is 10.4. The van der Waals surface area contributed by atoms with Gasteiger partial charge < -0.3 is 14.8 Å². The second kappa shape index (κ2) is 4.36. The van der Waals surface area contributed by atoms with Gasteiger partial charge in [0.2, 0.25) is 5.95 Å². The van der Waals surface area contributed by atoms with E-state index >= 15 is 0 Å². The van der Waals surface area contributed by atoms with E-state index in [0.29, 0.717) is 12.1 Å². The molecule has 0 aliphatic heterocycles. The minimum Gasteiger partial charge on any atom is -0.365 e. The first-order valence-electron chi connectivity index (χ1n) is 6.74. The second-order valence-electron chi connectivity index (χ2n) is 5.60. The molecule has 1 aliphatic carbocycles. The summed E-state index contributed by atoms with van der Waals surface area (Å²) in [7, 11) is 3.91. The fraction of sp³-hybridized carbons (Fsp3) is 0.615. The van der Waals surface area contributed by atoms with Gasteiger partial charge in [-0.25, -0.2) is 4.98 Å². The number of imidazole rings is 1. The van der Waals surface area contributed by atoms with Crippen LogP contribution in [0, 0.1) is 0 Å². The standard InChI is InChI=1S/C13H20N6/c1-8(2)19-7-14-10-11(15-9-5-6-9)16-13(18(3)4)17-12(10)19/h7-9H,5-6H2,1-4H3,(H,15,16,17). The van der Waals surface area contributed by atoms with Crippen LogP contribution in [0.3, 0.4) is 0 Å². The molecule has 1 saturated carbocycles. The van der Waals surface area contributed by atoms with Crippen molar-refractivity contribution in [3.63, 3.8) is 0 Å². The minimum atomic E-state index is 0.337. The van der Waals surface area contributed by atoms with E-state index in [9.17, 15) is 0 Å². The maximum Gasteiger partial charge on any atom is 0.228 e. The zero-order valence-electron chi connectivity index (χ0n) is 11.9. The summed E-state index contributed by atoms with van der Waals surface area (Å²) in [5.74, 6) is 1.58. The van der Waals surface area contributed by atoms with Crippen LogP contribution in [-0.4, -0.2) is 39.7 Å². The lowest BCUT2D eigenvalue weighted by Gasteiger charge is -2.14. The van der Waals surface area contributed by atoms with Gasteiger partial charge >= 0.3 is 0 Å². The smallest absolute Gasteiger partial charge is 0.228 e. The summed E-state index contributed by atoms with van der Waals surface area (Å²) >= 11 is 0. The van der Waals surface area contributed by atoms with E-state index in [0.717, 1.165) is 22.9 Å². The van der Waals surface area contributed by atoms with E-state index in [1.807, 2.05) is 25.3 Å². The number of aromatic nitrogens is 4. The Bertz CT molecular complexity index is 596. The van der Waals surface area contributed by atoms with Crippen molar-refractivity contribution < 1.29 is 0 Å². The largest absolute Gasteiger partial charge is 0.365 e. The molecule has 2 heterocycles. The van der Waals surface area contributed by atoms with Crippen molar-refractivity contribution in [1.29, 1.82) is 0 Å². The van der Waals surface area contributed by atoms with Crippen LogP contribution >= 0.6 is 0 Å². The molecule has 2 aromatic heterocycles. The fourth-order valence-corrected chi connectivity index (χ4v) is 2.00. The van der Waals surface area contributed by atoms with Gasteiger partial charge in [0, 0.05) is 26.2 Å². The van der Waals surface area contributed by atoms with E-state index in [4.69, 9.17) is 0 Å². The zero-order chi connectivity index (χ0) is 13.6. The molecule has 0 saturated heterocycles. The van der Waals surface area contributed by atoms with Gasteiger partial charge in [0.05, 0.1) is 6.33 Å². The molecular weight excluding hydrogens is 240 g/mol. The van der Waals surface area contributed by atoms with Crippen LogP contribution < -0.4 is 10.2 Å². The summed E-state index contributed by atoms with van der Waals surface area (Å²) in [5.41, 5.74) is 1.77. The molecule has 1 aliphatic rings. The summed E-state index contributed by atoms with van der Waals surface area (Å²) in [5, 5.41) is 3.45. The molecule has 102 valence electrons. The van der Waals surface area contributed by atoms with Crippen LogP contribution in [0.15, 0.2) is 6.33 Å². The van der Waals surface area contributed by atoms with Gasteiger partial charge in [-0.1, -0.05) is 0 Å². The molecule has 1 N–H and O–H groups in total. The van der Waals surface area contributed by atoms with E-state index < -0.39 is 0 Å². The van der Waals surface area contributed by atoms with Crippen LogP contribution in [0.4, 0.5) is 11.8 Å². The number of anilines is 2. The summed E-state index contributed by atoms with van der Waals surface area (Å²) in [6.45, 7) is 4.26. The van der Waals surface area contributed by atoms with Crippen LogP contribution in [0.25, 0.3) is 11.2 Å². The molecule has 0 aromatic carbocycles. The zero-order valence-corrected chi connectivity index (χ0v) is 11.9. The monoisotopic (exact) mass is 260 g/mol. The van der Waals surface area contributed by atoms with Crippen LogP contribution in [0.1, 0.15) is 32.7 Å². The quantitative estimate of drug-likeness (QED) is 0.911. The van der Waals surface area contributed by atoms with Crippen molar-refractivity contribution in [3.05, 3.63) is 6.33 Å². The molecule has 0 bridgehead atoms. The number of nitrogens with zero attached hydrogens (tertiary/aromatic N) is 5. The van der Waals surface area contributed by atoms with Crippen LogP contribution in [0.2, 0.25) is 0 Å². The Hall–Kier alpha value is -1.85. The van der Waals surface area contributed by atoms with Crippen molar-refractivity contribution in [2.45, 2.75) is 38.8 Å². The highest BCUT2D eigenvalue weighted by atomic mass is 15.3. The van der Waals surface area contributed by atoms with E-state index in [1.54, 1.807) is 0 Å². The third-order valence-corrected chi connectivity index (χ3v) is 3.28. The Morgan fingerprint density at radius 2 is 2.05 bits per heavy atom. The number of rotatable bonds is 4. The summed E-state index contributed by atoms with van der Waals surface area (Å²) < 4.78 is 2.09. The average molecular weight is 260 g/mol. The third-order valence-electron chi connectivity index (χ3n) is 3.28. The predicted molar refractivity (Wildman–Crippen MR) is 76.7 cm³/mol. The molecule has 0 amide bonds. The Morgan fingerprint density at radius 1 is 1.32 bits per heavy atom. The predicted octanol–water partition coefficient (Wildman–Crippen LogP) is 2.05. The summed E-state index contributed by atoms with van der Waals surface area (Å²) in [6, 6.07) is 0.890.